The maximum Gasteiger partial charge on any atom is 1.00 e. The zero-order valence-electron chi connectivity index (χ0n) is 26.5. The molecule has 0 atom stereocenters. The van der Waals surface area contributed by atoms with Gasteiger partial charge in [-0.1, -0.05) is 29.3 Å². The molecule has 0 spiro atoms. The Bertz CT molecular complexity index is 2220. The minimum atomic E-state index is -5.26. The van der Waals surface area contributed by atoms with Crippen molar-refractivity contribution in [3.05, 3.63) is 83.6 Å². The number of rotatable bonds is 9. The van der Waals surface area contributed by atoms with Crippen LogP contribution in [0.25, 0.3) is 21.7 Å². The van der Waals surface area contributed by atoms with Gasteiger partial charge in [-0.05, 0) is 37.3 Å². The number of fused-ring (bicyclic) bond motifs is 2. The number of benzene rings is 4. The number of Topliss-reactive ketones (excluding diaryl/α,β-unsaturated/α-hetero) is 1. The minimum Gasteiger partial charge on any atom is -0.744 e. The predicted molar refractivity (Wildman–Crippen MR) is 160 cm³/mol. The van der Waals surface area contributed by atoms with E-state index in [-0.39, 0.29) is 123 Å². The van der Waals surface area contributed by atoms with Gasteiger partial charge in [0.25, 0.3) is 0 Å². The van der Waals surface area contributed by atoms with Crippen LogP contribution in [0.1, 0.15) is 21.6 Å². The fourth-order valence-electron chi connectivity index (χ4n) is 5.02. The van der Waals surface area contributed by atoms with Gasteiger partial charge in [0, 0.05) is 44.4 Å². The maximum absolute atomic E-state index is 13.2. The molecule has 47 heavy (non-hydrogen) atoms. The average Bonchev–Trinajstić information content (AvgIpc) is 2.95. The second-order valence-corrected chi connectivity index (χ2v) is 12.5. The summed E-state index contributed by atoms with van der Waals surface area (Å²) in [7, 11) is -7.51. The number of ether oxygens (including phenoxy) is 2. The molecule has 228 valence electrons. The number of hydrogen-bond donors (Lipinski definition) is 2. The first-order valence-electron chi connectivity index (χ1n) is 12.8. The van der Waals surface area contributed by atoms with E-state index in [0.717, 1.165) is 6.07 Å². The summed E-state index contributed by atoms with van der Waals surface area (Å²) in [5, 5.41) is 3.29. The van der Waals surface area contributed by atoms with Crippen molar-refractivity contribution in [2.75, 3.05) is 25.3 Å². The molecule has 0 fully saturated rings. The number of anilines is 3. The van der Waals surface area contributed by atoms with Crippen LogP contribution in [-0.4, -0.2) is 50.9 Å². The van der Waals surface area contributed by atoms with Crippen molar-refractivity contribution in [3.63, 3.8) is 0 Å². The fraction of sp³-hybridized carbons (Fsp3) is 0.133. The molecule has 0 radical (unpaired) electrons. The average molecular weight is 704 g/mol. The third-order valence-electron chi connectivity index (χ3n) is 6.86. The fourth-order valence-corrected chi connectivity index (χ4v) is 6.38. The molecule has 0 amide bonds. The van der Waals surface area contributed by atoms with Crippen LogP contribution < -0.4 is 109 Å². The number of pyridine rings is 1. The molecule has 12 nitrogen and oxygen atoms in total. The topological polar surface area (TPSA) is 201 Å². The summed E-state index contributed by atoms with van der Waals surface area (Å²) in [6.07, 6.45) is -0.0979. The van der Waals surface area contributed by atoms with E-state index in [1.807, 2.05) is 0 Å². The van der Waals surface area contributed by atoms with Gasteiger partial charge in [0.1, 0.15) is 37.3 Å². The van der Waals surface area contributed by atoms with Gasteiger partial charge < -0.3 is 29.6 Å². The van der Waals surface area contributed by atoms with Gasteiger partial charge in [-0.3, -0.25) is 4.79 Å². The van der Waals surface area contributed by atoms with Gasteiger partial charge in [0.05, 0.1) is 19.6 Å². The van der Waals surface area contributed by atoms with E-state index in [1.165, 1.54) is 26.4 Å². The summed E-state index contributed by atoms with van der Waals surface area (Å²) >= 11 is 0. The van der Waals surface area contributed by atoms with E-state index in [2.05, 4.69) is 16.4 Å². The van der Waals surface area contributed by atoms with Gasteiger partial charge in [-0.25, -0.2) is 21.8 Å². The van der Waals surface area contributed by atoms with E-state index in [0.29, 0.717) is 50.9 Å². The van der Waals surface area contributed by atoms with Crippen molar-refractivity contribution >= 4 is 64.8 Å². The number of ketones is 1. The molecule has 17 heteroatoms. The Balaban J connectivity index is 0.00000256. The number of aryl methyl sites for hydroxylation is 1. The quantitative estimate of drug-likeness (QED) is 0.0488. The molecule has 4 aromatic carbocycles. The maximum atomic E-state index is 13.2. The first-order chi connectivity index (χ1) is 20.7. The largest absolute Gasteiger partial charge is 1.00 e. The monoisotopic (exact) mass is 703 g/mol. The van der Waals surface area contributed by atoms with Crippen LogP contribution in [-0.2, 0) is 26.7 Å². The molecule has 0 aliphatic heterocycles. The van der Waals surface area contributed by atoms with Crippen LogP contribution in [0.2, 0.25) is 0 Å². The summed E-state index contributed by atoms with van der Waals surface area (Å²) in [4.78, 5) is 16.1. The van der Waals surface area contributed by atoms with Crippen LogP contribution in [0.4, 0.5) is 17.1 Å². The molecule has 0 bridgehead atoms. The number of methoxy groups -OCH3 is 2. The van der Waals surface area contributed by atoms with Gasteiger partial charge in [0.15, 0.2) is 5.78 Å². The van der Waals surface area contributed by atoms with E-state index in [1.54, 1.807) is 43.3 Å². The van der Waals surface area contributed by atoms with E-state index < -0.39 is 30.0 Å². The smallest absolute Gasteiger partial charge is 0.744 e. The van der Waals surface area contributed by atoms with Crippen molar-refractivity contribution in [1.29, 1.82) is 0 Å². The molecule has 1 heterocycles. The standard InChI is InChI=1S/C30H26N3O9S2.3Na/c1-16-10-23(33-22-9-5-7-18-12-21(43(35,36)37)15-26(27(18)22)44(38,39)40)28-29(32-16)25(41-2)14-19(30(28)42-3)13-24(34)17-6-4-8-20(31)11-17;;;/h4,6-12,14-15H,13,31H2,1-3H3,(H,32,33)(H,35,36,37)(H,38,39,40);;;/q-1;3*+1/p-2. The van der Waals surface area contributed by atoms with Gasteiger partial charge >= 0.3 is 88.7 Å². The molecule has 5 rings (SSSR count). The first-order valence-corrected chi connectivity index (χ1v) is 15.6. The number of nitrogen functional groups attached to an aromatic ring is 1. The Labute approximate surface area is 338 Å². The van der Waals surface area contributed by atoms with Crippen molar-refractivity contribution in [2.24, 2.45) is 0 Å². The summed E-state index contributed by atoms with van der Waals surface area (Å²) in [6, 6.07) is 16.7. The summed E-state index contributed by atoms with van der Waals surface area (Å²) in [5.74, 6) is 0.346. The van der Waals surface area contributed by atoms with Crippen molar-refractivity contribution in [1.82, 2.24) is 4.98 Å². The number of nitrogens with one attached hydrogen (secondary N) is 1. The normalized spacial score (nSPS) is 11.2. The third kappa shape index (κ3) is 8.89. The van der Waals surface area contributed by atoms with E-state index in [9.17, 15) is 30.7 Å². The second-order valence-electron chi connectivity index (χ2n) is 9.82. The van der Waals surface area contributed by atoms with Crippen LogP contribution in [0.15, 0.2) is 70.5 Å². The summed E-state index contributed by atoms with van der Waals surface area (Å²) < 4.78 is 83.4. The Morgan fingerprint density at radius 1 is 0.915 bits per heavy atom. The van der Waals surface area contributed by atoms with Crippen molar-refractivity contribution in [2.45, 2.75) is 23.1 Å². The first kappa shape index (κ1) is 41.4. The molecule has 0 saturated heterocycles. The zero-order chi connectivity index (χ0) is 32.0. The number of hydrogen-bond acceptors (Lipinski definition) is 12. The Morgan fingerprint density at radius 2 is 1.62 bits per heavy atom. The Morgan fingerprint density at radius 3 is 2.21 bits per heavy atom. The van der Waals surface area contributed by atoms with Gasteiger partial charge in [-0.2, -0.15) is 18.2 Å². The van der Waals surface area contributed by atoms with Crippen molar-refractivity contribution < 1.29 is 129 Å². The van der Waals surface area contributed by atoms with Crippen LogP contribution >= 0.6 is 0 Å². The molecule has 0 aliphatic carbocycles. The minimum absolute atomic E-state index is 0. The molecular formula is C30H24N3Na3O9S2. The predicted octanol–water partition coefficient (Wildman–Crippen LogP) is -4.91. The second kappa shape index (κ2) is 16.3. The molecule has 0 unspecified atom stereocenters. The van der Waals surface area contributed by atoms with Crippen LogP contribution in [0.5, 0.6) is 11.5 Å². The van der Waals surface area contributed by atoms with Crippen LogP contribution in [0.3, 0.4) is 0 Å². The molecular weight excluding hydrogens is 679 g/mol. The van der Waals surface area contributed by atoms with E-state index in [4.69, 9.17) is 15.2 Å². The SMILES string of the molecule is COc1cc(CC(=O)c2cccc(N)c2)c(OC)c2c(Nc3c[c-]cc4cc(S(=O)(=O)[O-])cc(S(=O)(=O)[O-])c34)cc(C)nc12.[Na+].[Na+].[Na+]. The zero-order valence-corrected chi connectivity index (χ0v) is 34.1. The molecule has 5 aromatic rings. The van der Waals surface area contributed by atoms with Crippen LogP contribution in [0, 0.1) is 13.0 Å². The molecule has 0 aliphatic rings. The molecule has 3 N–H and O–H groups in total. The number of nitrogens with two attached hydrogens (primary N) is 1. The van der Waals surface area contributed by atoms with Gasteiger partial charge in [0.2, 0.25) is 0 Å². The third-order valence-corrected chi connectivity index (χ3v) is 8.53. The molecule has 0 saturated carbocycles. The Kier molecular flexibility index (Phi) is 14.4. The molecule has 1 aromatic heterocycles. The Hall–Kier alpha value is -1.76. The number of nitrogens with zero attached hydrogens (tertiary/aromatic N) is 1. The number of carbonyl (C=O) groups excluding carboxylic acids is 1. The van der Waals surface area contributed by atoms with Gasteiger partial charge in [-0.15, -0.1) is 5.39 Å². The van der Waals surface area contributed by atoms with E-state index >= 15 is 0 Å². The number of aromatic nitrogens is 1. The number of carbonyl (C=O) groups is 1. The van der Waals surface area contributed by atoms with Crippen molar-refractivity contribution in [3.8, 4) is 11.5 Å². The summed E-state index contributed by atoms with van der Waals surface area (Å²) in [5.41, 5.74) is 8.39. The summed E-state index contributed by atoms with van der Waals surface area (Å²) in [6.45, 7) is 1.71.